The fraction of sp³-hybridized carbons (Fsp3) is 0.0769. The quantitative estimate of drug-likeness (QED) is 0.699. The first kappa shape index (κ1) is 10.2. The molecular formula is C13H11N3S. The van der Waals surface area contributed by atoms with Gasteiger partial charge in [-0.25, -0.2) is 0 Å². The van der Waals surface area contributed by atoms with Crippen molar-refractivity contribution in [2.75, 3.05) is 0 Å². The van der Waals surface area contributed by atoms with Gasteiger partial charge < -0.3 is 9.55 Å². The van der Waals surface area contributed by atoms with Crippen LogP contribution in [-0.4, -0.2) is 14.5 Å². The van der Waals surface area contributed by atoms with E-state index in [0.29, 0.717) is 0 Å². The van der Waals surface area contributed by atoms with Gasteiger partial charge in [-0.3, -0.25) is 4.98 Å². The second-order valence-corrected chi connectivity index (χ2v) is 4.28. The van der Waals surface area contributed by atoms with E-state index < -0.39 is 0 Å². The normalized spacial score (nSPS) is 10.8. The third-order valence-electron chi connectivity index (χ3n) is 2.76. The Morgan fingerprint density at radius 2 is 2.00 bits per heavy atom. The second-order valence-electron chi connectivity index (χ2n) is 3.89. The van der Waals surface area contributed by atoms with Crippen LogP contribution >= 0.6 is 12.2 Å². The predicted octanol–water partition coefficient (Wildman–Crippen LogP) is 3.14. The van der Waals surface area contributed by atoms with Gasteiger partial charge in [0.1, 0.15) is 0 Å². The highest BCUT2D eigenvalue weighted by atomic mass is 32.1. The van der Waals surface area contributed by atoms with Crippen molar-refractivity contribution in [1.82, 2.24) is 14.5 Å². The van der Waals surface area contributed by atoms with Crippen molar-refractivity contribution in [1.29, 1.82) is 0 Å². The molecule has 0 saturated heterocycles. The average Bonchev–Trinajstić information content (AvgIpc) is 2.68. The minimum Gasteiger partial charge on any atom is -0.330 e. The van der Waals surface area contributed by atoms with Crippen LogP contribution in [0.3, 0.4) is 0 Å². The molecule has 0 atom stereocenters. The zero-order valence-corrected chi connectivity index (χ0v) is 9.95. The number of fused-ring (bicyclic) bond motifs is 1. The molecule has 0 fully saturated rings. The molecule has 0 unspecified atom stereocenters. The SMILES string of the molecule is S=c1[nH]c2ccncc2n1Cc1ccccc1. The van der Waals surface area contributed by atoms with Crippen molar-refractivity contribution in [2.45, 2.75) is 6.54 Å². The Kier molecular flexibility index (Phi) is 2.49. The van der Waals surface area contributed by atoms with Crippen molar-refractivity contribution in [3.63, 3.8) is 0 Å². The van der Waals surface area contributed by atoms with Gasteiger partial charge >= 0.3 is 0 Å². The molecule has 84 valence electrons. The van der Waals surface area contributed by atoms with Gasteiger partial charge in [0.05, 0.1) is 23.8 Å². The molecule has 3 aromatic rings. The predicted molar refractivity (Wildman–Crippen MR) is 70.5 cm³/mol. The Hall–Kier alpha value is -1.94. The first-order valence-corrected chi connectivity index (χ1v) is 5.82. The number of aromatic nitrogens is 3. The minimum absolute atomic E-state index is 0.733. The van der Waals surface area contributed by atoms with Crippen LogP contribution < -0.4 is 0 Å². The zero-order chi connectivity index (χ0) is 11.7. The lowest BCUT2D eigenvalue weighted by Gasteiger charge is -2.03. The molecule has 0 saturated carbocycles. The summed E-state index contributed by atoms with van der Waals surface area (Å²) in [7, 11) is 0. The highest BCUT2D eigenvalue weighted by Crippen LogP contribution is 2.14. The Labute approximate surface area is 104 Å². The number of imidazole rings is 1. The monoisotopic (exact) mass is 241 g/mol. The Morgan fingerprint density at radius 3 is 2.82 bits per heavy atom. The maximum atomic E-state index is 5.33. The van der Waals surface area contributed by atoms with Crippen molar-refractivity contribution in [3.05, 3.63) is 59.1 Å². The molecule has 0 bridgehead atoms. The third-order valence-corrected chi connectivity index (χ3v) is 3.08. The number of nitrogens with one attached hydrogen (secondary N) is 1. The van der Waals surface area contributed by atoms with Gasteiger partial charge in [0.25, 0.3) is 0 Å². The maximum absolute atomic E-state index is 5.33. The zero-order valence-electron chi connectivity index (χ0n) is 9.13. The van der Waals surface area contributed by atoms with Crippen molar-refractivity contribution in [2.24, 2.45) is 0 Å². The van der Waals surface area contributed by atoms with Crippen LogP contribution in [0.15, 0.2) is 48.8 Å². The van der Waals surface area contributed by atoms with Crippen LogP contribution in [0.1, 0.15) is 5.56 Å². The minimum atomic E-state index is 0.733. The number of benzene rings is 1. The van der Waals surface area contributed by atoms with Crippen LogP contribution in [-0.2, 0) is 6.54 Å². The number of nitrogens with zero attached hydrogens (tertiary/aromatic N) is 2. The first-order chi connectivity index (χ1) is 8.34. The van der Waals surface area contributed by atoms with Crippen LogP contribution in [0.25, 0.3) is 11.0 Å². The van der Waals surface area contributed by atoms with E-state index in [-0.39, 0.29) is 0 Å². The summed E-state index contributed by atoms with van der Waals surface area (Å²) < 4.78 is 2.80. The molecule has 0 amide bonds. The molecule has 3 nitrogen and oxygen atoms in total. The Bertz CT molecular complexity index is 697. The van der Waals surface area contributed by atoms with Crippen LogP contribution in [0.2, 0.25) is 0 Å². The molecule has 0 aliphatic carbocycles. The second kappa shape index (κ2) is 4.14. The maximum Gasteiger partial charge on any atom is 0.178 e. The lowest BCUT2D eigenvalue weighted by molar-refractivity contribution is 0.809. The molecule has 3 rings (SSSR count). The third kappa shape index (κ3) is 1.87. The summed E-state index contributed by atoms with van der Waals surface area (Å²) in [6.07, 6.45) is 3.60. The molecule has 1 aromatic carbocycles. The van der Waals surface area contributed by atoms with E-state index in [1.54, 1.807) is 6.20 Å². The summed E-state index contributed by atoms with van der Waals surface area (Å²) in [5.41, 5.74) is 3.30. The number of hydrogen-bond acceptors (Lipinski definition) is 2. The van der Waals surface area contributed by atoms with Crippen LogP contribution in [0.4, 0.5) is 0 Å². The molecule has 17 heavy (non-hydrogen) atoms. The van der Waals surface area contributed by atoms with Crippen LogP contribution in [0, 0.1) is 4.77 Å². The van der Waals surface area contributed by atoms with E-state index >= 15 is 0 Å². The standard InChI is InChI=1S/C13H11N3S/c17-13-15-11-6-7-14-8-12(11)16(13)9-10-4-2-1-3-5-10/h1-8H,9H2,(H,15,17). The molecule has 1 N–H and O–H groups in total. The molecule has 0 radical (unpaired) electrons. The molecule has 0 spiro atoms. The average molecular weight is 241 g/mol. The van der Waals surface area contributed by atoms with Crippen molar-refractivity contribution in [3.8, 4) is 0 Å². The lowest BCUT2D eigenvalue weighted by Crippen LogP contribution is -1.99. The molecule has 2 aromatic heterocycles. The highest BCUT2D eigenvalue weighted by Gasteiger charge is 2.04. The van der Waals surface area contributed by atoms with E-state index in [0.717, 1.165) is 22.3 Å². The lowest BCUT2D eigenvalue weighted by atomic mass is 10.2. The number of aromatic amines is 1. The molecule has 0 aliphatic rings. The topological polar surface area (TPSA) is 33.6 Å². The summed E-state index contributed by atoms with van der Waals surface area (Å²) in [5, 5.41) is 0. The summed E-state index contributed by atoms with van der Waals surface area (Å²) >= 11 is 5.33. The molecule has 0 aliphatic heterocycles. The van der Waals surface area contributed by atoms with Gasteiger partial charge in [-0.1, -0.05) is 30.3 Å². The largest absolute Gasteiger partial charge is 0.330 e. The summed E-state index contributed by atoms with van der Waals surface area (Å²) in [6.45, 7) is 0.769. The summed E-state index contributed by atoms with van der Waals surface area (Å²) in [5.74, 6) is 0. The number of pyridine rings is 1. The number of H-pyrrole nitrogens is 1. The van der Waals surface area contributed by atoms with Crippen molar-refractivity contribution >= 4 is 23.3 Å². The number of hydrogen-bond donors (Lipinski definition) is 1. The smallest absolute Gasteiger partial charge is 0.178 e. The van der Waals surface area contributed by atoms with E-state index in [9.17, 15) is 0 Å². The molecule has 4 heteroatoms. The van der Waals surface area contributed by atoms with E-state index in [4.69, 9.17) is 12.2 Å². The fourth-order valence-corrected chi connectivity index (χ4v) is 2.19. The van der Waals surface area contributed by atoms with Gasteiger partial charge in [0.2, 0.25) is 0 Å². The Morgan fingerprint density at radius 1 is 1.18 bits per heavy atom. The van der Waals surface area contributed by atoms with Gasteiger partial charge in [0, 0.05) is 6.20 Å². The van der Waals surface area contributed by atoms with Gasteiger partial charge in [0.15, 0.2) is 4.77 Å². The van der Waals surface area contributed by atoms with Gasteiger partial charge in [-0.05, 0) is 23.8 Å². The Balaban J connectivity index is 2.12. The van der Waals surface area contributed by atoms with Gasteiger partial charge in [-0.2, -0.15) is 0 Å². The summed E-state index contributed by atoms with van der Waals surface area (Å²) in [6, 6.07) is 12.2. The van der Waals surface area contributed by atoms with Crippen molar-refractivity contribution < 1.29 is 0 Å². The first-order valence-electron chi connectivity index (χ1n) is 5.41. The van der Waals surface area contributed by atoms with Gasteiger partial charge in [-0.15, -0.1) is 0 Å². The molecule has 2 heterocycles. The highest BCUT2D eigenvalue weighted by molar-refractivity contribution is 7.71. The van der Waals surface area contributed by atoms with Crippen LogP contribution in [0.5, 0.6) is 0 Å². The van der Waals surface area contributed by atoms with E-state index in [1.165, 1.54) is 5.56 Å². The van der Waals surface area contributed by atoms with E-state index in [2.05, 4.69) is 26.7 Å². The number of rotatable bonds is 2. The molecular weight excluding hydrogens is 230 g/mol. The van der Waals surface area contributed by atoms with E-state index in [1.807, 2.05) is 30.5 Å². The fourth-order valence-electron chi connectivity index (χ4n) is 1.92. The summed E-state index contributed by atoms with van der Waals surface area (Å²) in [4.78, 5) is 7.33.